The Morgan fingerprint density at radius 2 is 1.83 bits per heavy atom. The van der Waals surface area contributed by atoms with Gasteiger partial charge in [0.05, 0.1) is 13.0 Å². The molecule has 0 aromatic rings. The number of carbonyl (C=O) groups excluding carboxylic acids is 2. The Bertz CT molecular complexity index is 392. The summed E-state index contributed by atoms with van der Waals surface area (Å²) in [5, 5.41) is 0. The van der Waals surface area contributed by atoms with E-state index in [4.69, 9.17) is 4.74 Å². The molecule has 0 saturated carbocycles. The number of carbonyl (C=O) groups is 2. The van der Waals surface area contributed by atoms with Gasteiger partial charge in [0.25, 0.3) is 0 Å². The van der Waals surface area contributed by atoms with Crippen LogP contribution in [0.4, 0.5) is 0 Å². The van der Waals surface area contributed by atoms with E-state index in [0.29, 0.717) is 13.2 Å². The van der Waals surface area contributed by atoms with Crippen molar-refractivity contribution in [2.45, 2.75) is 85.6 Å². The average molecular weight is 340 g/mol. The van der Waals surface area contributed by atoms with Crippen LogP contribution in [0.5, 0.6) is 0 Å². The number of unbranched alkanes of at least 4 members (excludes halogenated alkanes) is 1. The lowest BCUT2D eigenvalue weighted by Gasteiger charge is -2.32. The summed E-state index contributed by atoms with van der Waals surface area (Å²) in [6.45, 7) is 14.8. The maximum atomic E-state index is 12.1. The molecule has 1 atom stereocenters. The van der Waals surface area contributed by atoms with E-state index in [2.05, 4.69) is 27.4 Å². The van der Waals surface area contributed by atoms with Gasteiger partial charge >= 0.3 is 5.97 Å². The zero-order valence-electron chi connectivity index (χ0n) is 16.4. The Hall–Kier alpha value is -1.32. The van der Waals surface area contributed by atoms with Crippen molar-refractivity contribution in [3.63, 3.8) is 0 Å². The first-order valence-corrected chi connectivity index (χ1v) is 9.44. The van der Waals surface area contributed by atoms with Gasteiger partial charge in [-0.15, -0.1) is 0 Å². The van der Waals surface area contributed by atoms with Crippen molar-refractivity contribution < 1.29 is 14.3 Å². The van der Waals surface area contributed by atoms with Gasteiger partial charge < -0.3 is 9.64 Å². The summed E-state index contributed by atoms with van der Waals surface area (Å²) in [7, 11) is 0. The zero-order chi connectivity index (χ0) is 18.6. The van der Waals surface area contributed by atoms with Gasteiger partial charge in [-0.3, -0.25) is 9.59 Å². The lowest BCUT2D eigenvalue weighted by atomic mass is 9.77. The van der Waals surface area contributed by atoms with Gasteiger partial charge in [0.1, 0.15) is 0 Å². The molecule has 0 aliphatic heterocycles. The molecule has 4 nitrogen and oxygen atoms in total. The van der Waals surface area contributed by atoms with E-state index in [1.165, 1.54) is 12.5 Å². The standard InChI is InChI=1S/C20H37NO3/c1-7-11-14-20(10-4,13-8-2)16-24-19(23)12-15-21(17(5)6)18(22)9-3/h9,17H,3,7-8,10-16H2,1-2,4-6H3. The van der Waals surface area contributed by atoms with E-state index in [1.54, 1.807) is 4.90 Å². The quantitative estimate of drug-likeness (QED) is 0.360. The first kappa shape index (κ1) is 22.7. The van der Waals surface area contributed by atoms with Crippen LogP contribution < -0.4 is 0 Å². The van der Waals surface area contributed by atoms with Crippen LogP contribution in [-0.2, 0) is 14.3 Å². The van der Waals surface area contributed by atoms with Crippen LogP contribution >= 0.6 is 0 Å². The third-order valence-corrected chi connectivity index (χ3v) is 4.77. The summed E-state index contributed by atoms with van der Waals surface area (Å²) >= 11 is 0. The summed E-state index contributed by atoms with van der Waals surface area (Å²) in [6, 6.07) is 0.0441. The number of hydrogen-bond donors (Lipinski definition) is 0. The van der Waals surface area contributed by atoms with Gasteiger partial charge in [-0.2, -0.15) is 0 Å². The number of rotatable bonds is 13. The summed E-state index contributed by atoms with van der Waals surface area (Å²) < 4.78 is 5.59. The highest BCUT2D eigenvalue weighted by atomic mass is 16.5. The second-order valence-electron chi connectivity index (χ2n) is 6.95. The molecule has 0 aromatic carbocycles. The molecule has 140 valence electrons. The minimum Gasteiger partial charge on any atom is -0.465 e. The lowest BCUT2D eigenvalue weighted by Crippen LogP contribution is -2.37. The summed E-state index contributed by atoms with van der Waals surface area (Å²) in [4.78, 5) is 25.6. The van der Waals surface area contributed by atoms with Crippen LogP contribution in [0.1, 0.15) is 79.6 Å². The molecular formula is C20H37NO3. The highest BCUT2D eigenvalue weighted by Crippen LogP contribution is 2.34. The number of hydrogen-bond acceptors (Lipinski definition) is 3. The van der Waals surface area contributed by atoms with Gasteiger partial charge in [-0.1, -0.05) is 46.6 Å². The lowest BCUT2D eigenvalue weighted by molar-refractivity contribution is -0.148. The fourth-order valence-corrected chi connectivity index (χ4v) is 3.06. The molecule has 0 aliphatic rings. The molecule has 0 saturated heterocycles. The summed E-state index contributed by atoms with van der Waals surface area (Å²) in [6.07, 6.45) is 8.17. The van der Waals surface area contributed by atoms with Gasteiger partial charge in [-0.25, -0.2) is 0 Å². The molecule has 4 heteroatoms. The predicted octanol–water partition coefficient (Wildman–Crippen LogP) is 4.73. The fraction of sp³-hybridized carbons (Fsp3) is 0.800. The monoisotopic (exact) mass is 339 g/mol. The zero-order valence-corrected chi connectivity index (χ0v) is 16.4. The van der Waals surface area contributed by atoms with Crippen LogP contribution in [0, 0.1) is 5.41 Å². The fourth-order valence-electron chi connectivity index (χ4n) is 3.06. The average Bonchev–Trinajstić information content (AvgIpc) is 2.57. The Morgan fingerprint density at radius 3 is 2.29 bits per heavy atom. The highest BCUT2D eigenvalue weighted by molar-refractivity contribution is 5.87. The van der Waals surface area contributed by atoms with Crippen molar-refractivity contribution in [2.75, 3.05) is 13.2 Å². The molecule has 0 aliphatic carbocycles. The molecule has 0 radical (unpaired) electrons. The molecule has 0 spiro atoms. The van der Waals surface area contributed by atoms with E-state index < -0.39 is 0 Å². The summed E-state index contributed by atoms with van der Waals surface area (Å²) in [5.74, 6) is -0.363. The maximum absolute atomic E-state index is 12.1. The summed E-state index contributed by atoms with van der Waals surface area (Å²) in [5.41, 5.74) is 0.106. The normalized spacial score (nSPS) is 13.4. The first-order valence-electron chi connectivity index (χ1n) is 9.44. The second-order valence-corrected chi connectivity index (χ2v) is 6.95. The molecule has 1 unspecified atom stereocenters. The smallest absolute Gasteiger partial charge is 0.307 e. The van der Waals surface area contributed by atoms with Crippen LogP contribution in [0.2, 0.25) is 0 Å². The topological polar surface area (TPSA) is 46.6 Å². The van der Waals surface area contributed by atoms with Crippen molar-refractivity contribution in [3.05, 3.63) is 12.7 Å². The van der Waals surface area contributed by atoms with Crippen LogP contribution in [0.25, 0.3) is 0 Å². The molecule has 0 N–H and O–H groups in total. The van der Waals surface area contributed by atoms with E-state index in [1.807, 2.05) is 13.8 Å². The number of amides is 1. The van der Waals surface area contributed by atoms with Crippen molar-refractivity contribution >= 4 is 11.9 Å². The minimum absolute atomic E-state index is 0.0441. The van der Waals surface area contributed by atoms with Gasteiger partial charge in [0, 0.05) is 18.0 Å². The molecule has 24 heavy (non-hydrogen) atoms. The highest BCUT2D eigenvalue weighted by Gasteiger charge is 2.28. The minimum atomic E-state index is -0.220. The van der Waals surface area contributed by atoms with Crippen molar-refractivity contribution in [1.29, 1.82) is 0 Å². The van der Waals surface area contributed by atoms with E-state index in [9.17, 15) is 9.59 Å². The van der Waals surface area contributed by atoms with Gasteiger partial charge in [0.15, 0.2) is 0 Å². The predicted molar refractivity (Wildman–Crippen MR) is 99.8 cm³/mol. The number of ether oxygens (including phenoxy) is 1. The molecule has 1 amide bonds. The Kier molecular flexibility index (Phi) is 11.4. The van der Waals surface area contributed by atoms with E-state index in [-0.39, 0.29) is 29.8 Å². The van der Waals surface area contributed by atoms with Crippen molar-refractivity contribution in [3.8, 4) is 0 Å². The van der Waals surface area contributed by atoms with Crippen LogP contribution in [-0.4, -0.2) is 36.0 Å². The molecule has 0 fully saturated rings. The Morgan fingerprint density at radius 1 is 1.17 bits per heavy atom. The van der Waals surface area contributed by atoms with Crippen LogP contribution in [0.15, 0.2) is 12.7 Å². The molecular weight excluding hydrogens is 302 g/mol. The second kappa shape index (κ2) is 12.1. The van der Waals surface area contributed by atoms with Crippen molar-refractivity contribution in [2.24, 2.45) is 5.41 Å². The largest absolute Gasteiger partial charge is 0.465 e. The SMILES string of the molecule is C=CC(=O)N(CCC(=O)OCC(CC)(CCC)CCCC)C(C)C. The number of nitrogens with zero attached hydrogens (tertiary/aromatic N) is 1. The molecule has 0 bridgehead atoms. The Labute approximate surface area is 148 Å². The molecule has 0 rings (SSSR count). The van der Waals surface area contributed by atoms with Crippen LogP contribution in [0.3, 0.4) is 0 Å². The Balaban J connectivity index is 4.56. The molecule has 0 aromatic heterocycles. The third-order valence-electron chi connectivity index (χ3n) is 4.77. The first-order chi connectivity index (χ1) is 11.4. The maximum Gasteiger partial charge on any atom is 0.307 e. The molecule has 0 heterocycles. The van der Waals surface area contributed by atoms with Gasteiger partial charge in [-0.05, 0) is 39.2 Å². The van der Waals surface area contributed by atoms with Crippen molar-refractivity contribution in [1.82, 2.24) is 4.90 Å². The van der Waals surface area contributed by atoms with E-state index >= 15 is 0 Å². The third kappa shape index (κ3) is 7.98. The van der Waals surface area contributed by atoms with E-state index in [0.717, 1.165) is 32.1 Å². The number of esters is 1. The van der Waals surface area contributed by atoms with Gasteiger partial charge in [0.2, 0.25) is 5.91 Å².